The van der Waals surface area contributed by atoms with E-state index < -0.39 is 0 Å². The summed E-state index contributed by atoms with van der Waals surface area (Å²) in [7, 11) is 0. The van der Waals surface area contributed by atoms with Gasteiger partial charge in [0.2, 0.25) is 0 Å². The molecule has 0 unspecified atom stereocenters. The molecule has 0 aromatic carbocycles. The second-order valence-corrected chi connectivity index (χ2v) is 2.69. The summed E-state index contributed by atoms with van der Waals surface area (Å²) >= 11 is 3.22. The van der Waals surface area contributed by atoms with Crippen LogP contribution in [0.1, 0.15) is 5.82 Å². The van der Waals surface area contributed by atoms with E-state index in [0.29, 0.717) is 22.8 Å². The molecule has 12 heavy (non-hydrogen) atoms. The van der Waals surface area contributed by atoms with Gasteiger partial charge in [-0.2, -0.15) is 4.98 Å². The summed E-state index contributed by atoms with van der Waals surface area (Å²) in [5, 5.41) is 4.28. The molecule has 62 valence electrons. The molecule has 5 heteroatoms. The second-order valence-electron chi connectivity index (χ2n) is 2.13. The maximum atomic E-state index is 5.07. The van der Waals surface area contributed by atoms with Crippen LogP contribution in [0.2, 0.25) is 0 Å². The molecule has 0 radical (unpaired) electrons. The van der Waals surface area contributed by atoms with Gasteiger partial charge in [0.25, 0.3) is 5.89 Å². The number of alkyl halides is 1. The van der Waals surface area contributed by atoms with Gasteiger partial charge in [-0.05, 0) is 12.1 Å². The first kappa shape index (κ1) is 7.54. The summed E-state index contributed by atoms with van der Waals surface area (Å²) in [6, 6.07) is 3.54. The zero-order chi connectivity index (χ0) is 8.39. The van der Waals surface area contributed by atoms with E-state index in [4.69, 9.17) is 8.94 Å². The van der Waals surface area contributed by atoms with Crippen LogP contribution in [-0.2, 0) is 5.33 Å². The molecule has 2 aromatic heterocycles. The van der Waals surface area contributed by atoms with Gasteiger partial charge in [0.1, 0.15) is 0 Å². The Kier molecular flexibility index (Phi) is 1.95. The molecule has 0 amide bonds. The maximum absolute atomic E-state index is 5.07. The molecule has 2 rings (SSSR count). The minimum Gasteiger partial charge on any atom is -0.459 e. The quantitative estimate of drug-likeness (QED) is 0.741. The molecule has 0 bridgehead atoms. The zero-order valence-corrected chi connectivity index (χ0v) is 7.61. The first-order valence-corrected chi connectivity index (χ1v) is 4.44. The van der Waals surface area contributed by atoms with Crippen LogP contribution in [0.25, 0.3) is 11.7 Å². The van der Waals surface area contributed by atoms with Gasteiger partial charge in [0.05, 0.1) is 11.6 Å². The fourth-order valence-corrected chi connectivity index (χ4v) is 1.04. The lowest BCUT2D eigenvalue weighted by molar-refractivity contribution is 0.411. The predicted molar refractivity (Wildman–Crippen MR) is 44.6 cm³/mol. The Labute approximate surface area is 76.7 Å². The number of nitrogens with zero attached hydrogens (tertiary/aromatic N) is 2. The van der Waals surface area contributed by atoms with E-state index in [1.807, 2.05) is 0 Å². The summed E-state index contributed by atoms with van der Waals surface area (Å²) in [6.07, 6.45) is 1.56. The van der Waals surface area contributed by atoms with E-state index >= 15 is 0 Å². The first-order chi connectivity index (χ1) is 5.90. The van der Waals surface area contributed by atoms with E-state index in [1.165, 1.54) is 0 Å². The van der Waals surface area contributed by atoms with E-state index in [2.05, 4.69) is 26.1 Å². The fourth-order valence-electron chi connectivity index (χ4n) is 0.809. The minimum absolute atomic E-state index is 0.412. The van der Waals surface area contributed by atoms with Crippen molar-refractivity contribution in [1.29, 1.82) is 0 Å². The van der Waals surface area contributed by atoms with Crippen LogP contribution in [0.4, 0.5) is 0 Å². The van der Waals surface area contributed by atoms with Crippen molar-refractivity contribution < 1.29 is 8.94 Å². The van der Waals surface area contributed by atoms with Gasteiger partial charge in [-0.1, -0.05) is 21.1 Å². The van der Waals surface area contributed by atoms with Gasteiger partial charge in [-0.15, -0.1) is 0 Å². The summed E-state index contributed by atoms with van der Waals surface area (Å²) in [4.78, 5) is 4.05. The van der Waals surface area contributed by atoms with Crippen molar-refractivity contribution in [3.8, 4) is 11.7 Å². The third-order valence-electron chi connectivity index (χ3n) is 1.32. The molecule has 0 N–H and O–H groups in total. The molecule has 0 aliphatic heterocycles. The molecule has 0 fully saturated rings. The van der Waals surface area contributed by atoms with E-state index in [9.17, 15) is 0 Å². The summed E-state index contributed by atoms with van der Waals surface area (Å²) in [5.74, 6) is 1.62. The molecule has 2 aromatic rings. The van der Waals surface area contributed by atoms with Gasteiger partial charge in [-0.3, -0.25) is 0 Å². The first-order valence-electron chi connectivity index (χ1n) is 3.32. The predicted octanol–water partition coefficient (Wildman–Crippen LogP) is 2.22. The number of hydrogen-bond donors (Lipinski definition) is 0. The molecular weight excluding hydrogens is 224 g/mol. The van der Waals surface area contributed by atoms with E-state index in [1.54, 1.807) is 18.4 Å². The van der Waals surface area contributed by atoms with Crippen molar-refractivity contribution in [2.45, 2.75) is 5.33 Å². The smallest absolute Gasteiger partial charge is 0.293 e. The van der Waals surface area contributed by atoms with E-state index in [-0.39, 0.29) is 0 Å². The minimum atomic E-state index is 0.412. The van der Waals surface area contributed by atoms with Crippen molar-refractivity contribution in [3.63, 3.8) is 0 Å². The maximum Gasteiger partial charge on any atom is 0.293 e. The third kappa shape index (κ3) is 1.27. The standard InChI is InChI=1S/C7H5BrN2O2/c8-4-6-9-7(12-10-6)5-2-1-3-11-5/h1-3H,4H2. The van der Waals surface area contributed by atoms with Gasteiger partial charge in [0, 0.05) is 0 Å². The Morgan fingerprint density at radius 2 is 2.42 bits per heavy atom. The van der Waals surface area contributed by atoms with Crippen LogP contribution < -0.4 is 0 Å². The van der Waals surface area contributed by atoms with Crippen LogP contribution in [-0.4, -0.2) is 10.1 Å². The van der Waals surface area contributed by atoms with Crippen LogP contribution in [0.15, 0.2) is 27.3 Å². The third-order valence-corrected chi connectivity index (χ3v) is 1.82. The molecule has 0 saturated carbocycles. The van der Waals surface area contributed by atoms with Gasteiger partial charge in [-0.25, -0.2) is 0 Å². The Bertz CT molecular complexity index is 355. The zero-order valence-electron chi connectivity index (χ0n) is 6.03. The average molecular weight is 229 g/mol. The summed E-state index contributed by atoms with van der Waals surface area (Å²) in [6.45, 7) is 0. The largest absolute Gasteiger partial charge is 0.459 e. The average Bonchev–Trinajstić information content (AvgIpc) is 2.75. The molecule has 0 saturated heterocycles. The highest BCUT2D eigenvalue weighted by atomic mass is 79.9. The fraction of sp³-hybridized carbons (Fsp3) is 0.143. The summed E-state index contributed by atoms with van der Waals surface area (Å²) in [5.41, 5.74) is 0. The molecule has 0 atom stereocenters. The Balaban J connectivity index is 2.35. The van der Waals surface area contributed by atoms with Crippen molar-refractivity contribution >= 4 is 15.9 Å². The lowest BCUT2D eigenvalue weighted by Crippen LogP contribution is -1.78. The topological polar surface area (TPSA) is 52.1 Å². The van der Waals surface area contributed by atoms with Gasteiger partial charge < -0.3 is 8.94 Å². The van der Waals surface area contributed by atoms with Crippen molar-refractivity contribution in [3.05, 3.63) is 24.2 Å². The molecule has 4 nitrogen and oxygen atoms in total. The number of halogens is 1. The molecule has 0 aliphatic rings. The number of furan rings is 1. The monoisotopic (exact) mass is 228 g/mol. The van der Waals surface area contributed by atoms with Crippen molar-refractivity contribution in [2.24, 2.45) is 0 Å². The van der Waals surface area contributed by atoms with Crippen LogP contribution in [0.5, 0.6) is 0 Å². The highest BCUT2D eigenvalue weighted by molar-refractivity contribution is 9.08. The number of rotatable bonds is 2. The highest BCUT2D eigenvalue weighted by Gasteiger charge is 2.09. The van der Waals surface area contributed by atoms with Crippen molar-refractivity contribution in [1.82, 2.24) is 10.1 Å². The Morgan fingerprint density at radius 1 is 1.50 bits per heavy atom. The Morgan fingerprint density at radius 3 is 3.00 bits per heavy atom. The highest BCUT2D eigenvalue weighted by Crippen LogP contribution is 2.17. The Hall–Kier alpha value is -1.10. The second kappa shape index (κ2) is 3.10. The van der Waals surface area contributed by atoms with Gasteiger partial charge >= 0.3 is 0 Å². The number of hydrogen-bond acceptors (Lipinski definition) is 4. The molecular formula is C7H5BrN2O2. The van der Waals surface area contributed by atoms with Crippen LogP contribution >= 0.6 is 15.9 Å². The van der Waals surface area contributed by atoms with Crippen LogP contribution in [0, 0.1) is 0 Å². The lowest BCUT2D eigenvalue weighted by atomic mass is 10.4. The molecule has 0 aliphatic carbocycles. The summed E-state index contributed by atoms with van der Waals surface area (Å²) < 4.78 is 9.98. The van der Waals surface area contributed by atoms with Crippen LogP contribution in [0.3, 0.4) is 0 Å². The molecule has 0 spiro atoms. The van der Waals surface area contributed by atoms with E-state index in [0.717, 1.165) is 0 Å². The number of aromatic nitrogens is 2. The normalized spacial score (nSPS) is 10.4. The lowest BCUT2D eigenvalue weighted by Gasteiger charge is -1.81. The molecule has 2 heterocycles. The SMILES string of the molecule is BrCc1noc(-c2ccco2)n1. The van der Waals surface area contributed by atoms with Crippen molar-refractivity contribution in [2.75, 3.05) is 0 Å². The van der Waals surface area contributed by atoms with Gasteiger partial charge in [0.15, 0.2) is 11.6 Å².